The van der Waals surface area contributed by atoms with Crippen molar-refractivity contribution in [3.8, 4) is 0 Å². The molecule has 1 saturated heterocycles. The first-order chi connectivity index (χ1) is 14.3. The molecule has 30 heavy (non-hydrogen) atoms. The van der Waals surface area contributed by atoms with Crippen molar-refractivity contribution in [1.82, 2.24) is 14.5 Å². The van der Waals surface area contributed by atoms with Crippen LogP contribution < -0.4 is 11.1 Å². The molecular formula is C21H26N4O4S. The largest absolute Gasteiger partial charge is 0.352 e. The van der Waals surface area contributed by atoms with E-state index in [-0.39, 0.29) is 37.8 Å². The van der Waals surface area contributed by atoms with Gasteiger partial charge in [0.1, 0.15) is 0 Å². The van der Waals surface area contributed by atoms with E-state index in [1.807, 2.05) is 13.0 Å². The standard InChI is InChI=1S/C21H26N4O4S/c1-16-6-5-9-18(14-16)21(27)24-12-13-25(20(24)19(26)23-11-10-22)30(28,29)15-17-7-3-2-4-8-17/h2-9,14,20H,10-13,15,22H2,1H3,(H,23,26). The van der Waals surface area contributed by atoms with Crippen molar-refractivity contribution in [1.29, 1.82) is 0 Å². The zero-order chi connectivity index (χ0) is 21.7. The first-order valence-corrected chi connectivity index (χ1v) is 11.3. The van der Waals surface area contributed by atoms with Crippen LogP contribution in [0.15, 0.2) is 54.6 Å². The molecule has 160 valence electrons. The summed E-state index contributed by atoms with van der Waals surface area (Å²) >= 11 is 0. The van der Waals surface area contributed by atoms with Gasteiger partial charge >= 0.3 is 0 Å². The summed E-state index contributed by atoms with van der Waals surface area (Å²) in [4.78, 5) is 27.3. The fourth-order valence-electron chi connectivity index (χ4n) is 3.48. The van der Waals surface area contributed by atoms with E-state index >= 15 is 0 Å². The summed E-state index contributed by atoms with van der Waals surface area (Å²) in [5.74, 6) is -1.19. The number of nitrogens with two attached hydrogens (primary N) is 1. The Morgan fingerprint density at radius 1 is 1.10 bits per heavy atom. The normalized spacial score (nSPS) is 17.1. The summed E-state index contributed by atoms with van der Waals surface area (Å²) in [5.41, 5.74) is 7.40. The van der Waals surface area contributed by atoms with Crippen LogP contribution in [0, 0.1) is 6.92 Å². The van der Waals surface area contributed by atoms with E-state index in [4.69, 9.17) is 5.73 Å². The van der Waals surface area contributed by atoms with Crippen LogP contribution in [-0.2, 0) is 20.6 Å². The van der Waals surface area contributed by atoms with E-state index in [2.05, 4.69) is 5.32 Å². The van der Waals surface area contributed by atoms with Gasteiger partial charge in [-0.25, -0.2) is 8.42 Å². The summed E-state index contributed by atoms with van der Waals surface area (Å²) in [6.07, 6.45) is -1.25. The lowest BCUT2D eigenvalue weighted by atomic mass is 10.1. The Hall–Kier alpha value is -2.75. The second-order valence-electron chi connectivity index (χ2n) is 7.17. The third kappa shape index (κ3) is 4.86. The fraction of sp³-hybridized carbons (Fsp3) is 0.333. The molecule has 1 heterocycles. The van der Waals surface area contributed by atoms with Crippen LogP contribution in [0.3, 0.4) is 0 Å². The Balaban J connectivity index is 1.91. The molecule has 1 atom stereocenters. The van der Waals surface area contributed by atoms with Crippen molar-refractivity contribution in [3.05, 3.63) is 71.3 Å². The second-order valence-corrected chi connectivity index (χ2v) is 9.10. The summed E-state index contributed by atoms with van der Waals surface area (Å²) in [5, 5.41) is 2.62. The SMILES string of the molecule is Cc1cccc(C(=O)N2CCN(S(=O)(=O)Cc3ccccc3)C2C(=O)NCCN)c1. The first-order valence-electron chi connectivity index (χ1n) is 9.72. The van der Waals surface area contributed by atoms with Crippen LogP contribution in [-0.4, -0.2) is 61.8 Å². The van der Waals surface area contributed by atoms with Gasteiger partial charge in [0.05, 0.1) is 5.75 Å². The van der Waals surface area contributed by atoms with Gasteiger partial charge in [-0.1, -0.05) is 48.0 Å². The van der Waals surface area contributed by atoms with Gasteiger partial charge in [-0.15, -0.1) is 0 Å². The molecule has 1 fully saturated rings. The molecule has 1 unspecified atom stereocenters. The average molecular weight is 431 g/mol. The number of amides is 2. The van der Waals surface area contributed by atoms with E-state index in [0.717, 1.165) is 9.87 Å². The zero-order valence-electron chi connectivity index (χ0n) is 16.8. The van der Waals surface area contributed by atoms with Gasteiger partial charge in [0, 0.05) is 31.7 Å². The molecule has 2 aromatic rings. The molecule has 0 aromatic heterocycles. The lowest BCUT2D eigenvalue weighted by Crippen LogP contribution is -2.54. The highest BCUT2D eigenvalue weighted by atomic mass is 32.2. The number of hydrogen-bond acceptors (Lipinski definition) is 5. The van der Waals surface area contributed by atoms with Gasteiger partial charge in [-0.2, -0.15) is 4.31 Å². The number of rotatable bonds is 7. The lowest BCUT2D eigenvalue weighted by molar-refractivity contribution is -0.127. The molecule has 1 aliphatic rings. The number of sulfonamides is 1. The predicted molar refractivity (Wildman–Crippen MR) is 114 cm³/mol. The topological polar surface area (TPSA) is 113 Å². The maximum atomic E-state index is 13.1. The van der Waals surface area contributed by atoms with Crippen molar-refractivity contribution >= 4 is 21.8 Å². The van der Waals surface area contributed by atoms with Crippen molar-refractivity contribution in [2.45, 2.75) is 18.8 Å². The highest BCUT2D eigenvalue weighted by Crippen LogP contribution is 2.24. The van der Waals surface area contributed by atoms with Gasteiger partial charge in [0.25, 0.3) is 11.8 Å². The molecule has 0 spiro atoms. The minimum absolute atomic E-state index is 0.0490. The quantitative estimate of drug-likeness (QED) is 0.671. The minimum Gasteiger partial charge on any atom is -0.352 e. The minimum atomic E-state index is -3.84. The molecule has 9 heteroatoms. The fourth-order valence-corrected chi connectivity index (χ4v) is 5.13. The van der Waals surface area contributed by atoms with E-state index in [1.165, 1.54) is 4.90 Å². The smallest absolute Gasteiger partial charge is 0.259 e. The molecular weight excluding hydrogens is 404 g/mol. The number of carbonyl (C=O) groups is 2. The Kier molecular flexibility index (Phi) is 6.86. The number of hydrogen-bond donors (Lipinski definition) is 2. The summed E-state index contributed by atoms with van der Waals surface area (Å²) < 4.78 is 27.4. The lowest BCUT2D eigenvalue weighted by Gasteiger charge is -2.29. The van der Waals surface area contributed by atoms with Crippen LogP contribution in [0.25, 0.3) is 0 Å². The van der Waals surface area contributed by atoms with Crippen LogP contribution >= 0.6 is 0 Å². The molecule has 0 saturated carbocycles. The number of nitrogens with one attached hydrogen (secondary N) is 1. The van der Waals surface area contributed by atoms with Gasteiger partial charge < -0.3 is 16.0 Å². The Bertz CT molecular complexity index is 1010. The molecule has 2 amide bonds. The second kappa shape index (κ2) is 9.38. The van der Waals surface area contributed by atoms with Crippen LogP contribution in [0.2, 0.25) is 0 Å². The monoisotopic (exact) mass is 430 g/mol. The molecule has 3 rings (SSSR count). The van der Waals surface area contributed by atoms with E-state index in [1.54, 1.807) is 48.5 Å². The molecule has 8 nitrogen and oxygen atoms in total. The first kappa shape index (κ1) is 21.9. The maximum Gasteiger partial charge on any atom is 0.259 e. The highest BCUT2D eigenvalue weighted by molar-refractivity contribution is 7.88. The maximum absolute atomic E-state index is 13.1. The number of carbonyl (C=O) groups excluding carboxylic acids is 2. The Morgan fingerprint density at radius 2 is 1.83 bits per heavy atom. The van der Waals surface area contributed by atoms with Crippen molar-refractivity contribution < 1.29 is 18.0 Å². The van der Waals surface area contributed by atoms with Crippen molar-refractivity contribution in [2.75, 3.05) is 26.2 Å². The van der Waals surface area contributed by atoms with Gasteiger partial charge in [0.2, 0.25) is 10.0 Å². The molecule has 0 radical (unpaired) electrons. The molecule has 2 aromatic carbocycles. The number of aryl methyl sites for hydroxylation is 1. The van der Waals surface area contributed by atoms with Crippen molar-refractivity contribution in [3.63, 3.8) is 0 Å². The number of benzene rings is 2. The Labute approximate surface area is 176 Å². The molecule has 3 N–H and O–H groups in total. The summed E-state index contributed by atoms with van der Waals surface area (Å²) in [7, 11) is -3.84. The van der Waals surface area contributed by atoms with Crippen LogP contribution in [0.4, 0.5) is 0 Å². The molecule has 0 aliphatic carbocycles. The molecule has 1 aliphatic heterocycles. The van der Waals surface area contributed by atoms with E-state index in [0.29, 0.717) is 11.1 Å². The van der Waals surface area contributed by atoms with Gasteiger partial charge in [-0.3, -0.25) is 9.59 Å². The third-order valence-electron chi connectivity index (χ3n) is 4.88. The van der Waals surface area contributed by atoms with E-state index < -0.39 is 22.1 Å². The van der Waals surface area contributed by atoms with Gasteiger partial charge in [-0.05, 0) is 24.6 Å². The van der Waals surface area contributed by atoms with Crippen LogP contribution in [0.1, 0.15) is 21.5 Å². The summed E-state index contributed by atoms with van der Waals surface area (Å²) in [6, 6.07) is 15.7. The van der Waals surface area contributed by atoms with Crippen molar-refractivity contribution in [2.24, 2.45) is 5.73 Å². The number of nitrogens with zero attached hydrogens (tertiary/aromatic N) is 2. The summed E-state index contributed by atoms with van der Waals surface area (Å²) in [6.45, 7) is 2.44. The molecule has 0 bridgehead atoms. The Morgan fingerprint density at radius 3 is 2.50 bits per heavy atom. The highest BCUT2D eigenvalue weighted by Gasteiger charge is 2.45. The predicted octanol–water partition coefficient (Wildman–Crippen LogP) is 0.684. The third-order valence-corrected chi connectivity index (χ3v) is 6.68. The average Bonchev–Trinajstić information content (AvgIpc) is 3.18. The van der Waals surface area contributed by atoms with E-state index in [9.17, 15) is 18.0 Å². The van der Waals surface area contributed by atoms with Gasteiger partial charge in [0.15, 0.2) is 6.17 Å². The zero-order valence-corrected chi connectivity index (χ0v) is 17.6. The van der Waals surface area contributed by atoms with Crippen LogP contribution in [0.5, 0.6) is 0 Å².